The van der Waals surface area contributed by atoms with Gasteiger partial charge in [0, 0.05) is 11.4 Å². The lowest BCUT2D eigenvalue weighted by Gasteiger charge is -2.26. The SMILES string of the molecule is CCCC1/C(=C/c2ccccc2)SC(=NCc2ccccc2)N1CCc1ccc(OC)c(OC)c1. The average molecular weight is 487 g/mol. The van der Waals surface area contributed by atoms with E-state index in [0.29, 0.717) is 12.6 Å². The van der Waals surface area contributed by atoms with Crippen LogP contribution in [0.2, 0.25) is 0 Å². The zero-order valence-corrected chi connectivity index (χ0v) is 21.6. The summed E-state index contributed by atoms with van der Waals surface area (Å²) < 4.78 is 10.9. The van der Waals surface area contributed by atoms with E-state index in [-0.39, 0.29) is 0 Å². The third kappa shape index (κ3) is 6.49. The molecule has 3 aromatic rings. The van der Waals surface area contributed by atoms with Crippen molar-refractivity contribution in [1.82, 2.24) is 4.90 Å². The van der Waals surface area contributed by atoms with Gasteiger partial charge in [-0.3, -0.25) is 4.99 Å². The molecule has 0 amide bonds. The Hall–Kier alpha value is -3.18. The van der Waals surface area contributed by atoms with Crippen LogP contribution in [0.25, 0.3) is 6.08 Å². The van der Waals surface area contributed by atoms with E-state index < -0.39 is 0 Å². The number of methoxy groups -OCH3 is 2. The Morgan fingerprint density at radius 1 is 0.886 bits per heavy atom. The van der Waals surface area contributed by atoms with Crippen molar-refractivity contribution in [2.24, 2.45) is 4.99 Å². The number of hydrogen-bond acceptors (Lipinski definition) is 4. The van der Waals surface area contributed by atoms with E-state index in [1.807, 2.05) is 23.9 Å². The maximum atomic E-state index is 5.52. The highest BCUT2D eigenvalue weighted by Crippen LogP contribution is 2.39. The van der Waals surface area contributed by atoms with Crippen molar-refractivity contribution in [2.45, 2.75) is 38.8 Å². The van der Waals surface area contributed by atoms with Crippen LogP contribution in [0.4, 0.5) is 0 Å². The minimum absolute atomic E-state index is 0.333. The molecule has 1 heterocycles. The van der Waals surface area contributed by atoms with Gasteiger partial charge in [0.05, 0.1) is 26.8 Å². The predicted octanol–water partition coefficient (Wildman–Crippen LogP) is 7.06. The Balaban J connectivity index is 1.61. The fourth-order valence-corrected chi connectivity index (χ4v) is 5.58. The molecular formula is C30H34N2O2S. The van der Waals surface area contributed by atoms with Gasteiger partial charge in [-0.2, -0.15) is 0 Å². The van der Waals surface area contributed by atoms with Crippen LogP contribution in [0.15, 0.2) is 88.8 Å². The molecule has 0 aromatic heterocycles. The Bertz CT molecular complexity index is 1150. The standard InChI is InChI=1S/C30H34N2O2S/c1-4-11-26-29(21-23-12-7-5-8-13-23)35-30(31-22-25-14-9-6-10-15-25)32(26)19-18-24-16-17-27(33-2)28(20-24)34-3/h5-10,12-17,20-21,26H,4,11,18-19,22H2,1-3H3/b29-21-,31-30?. The van der Waals surface area contributed by atoms with Crippen LogP contribution in [0, 0.1) is 0 Å². The molecule has 0 N–H and O–H groups in total. The van der Waals surface area contributed by atoms with Crippen LogP contribution in [-0.4, -0.2) is 36.9 Å². The second-order valence-electron chi connectivity index (χ2n) is 8.58. The molecule has 0 bridgehead atoms. The zero-order chi connectivity index (χ0) is 24.5. The van der Waals surface area contributed by atoms with Gasteiger partial charge in [-0.05, 0) is 47.7 Å². The van der Waals surface area contributed by atoms with Gasteiger partial charge in [0.25, 0.3) is 0 Å². The van der Waals surface area contributed by atoms with Gasteiger partial charge >= 0.3 is 0 Å². The second kappa shape index (κ2) is 12.5. The van der Waals surface area contributed by atoms with Crippen LogP contribution in [-0.2, 0) is 13.0 Å². The van der Waals surface area contributed by atoms with Crippen LogP contribution in [0.1, 0.15) is 36.5 Å². The van der Waals surface area contributed by atoms with E-state index in [0.717, 1.165) is 42.5 Å². The van der Waals surface area contributed by atoms with Gasteiger partial charge in [-0.25, -0.2) is 0 Å². The minimum atomic E-state index is 0.333. The molecule has 1 saturated heterocycles. The van der Waals surface area contributed by atoms with Gasteiger partial charge in [0.1, 0.15) is 0 Å². The highest BCUT2D eigenvalue weighted by molar-refractivity contribution is 8.17. The Morgan fingerprint density at radius 2 is 1.60 bits per heavy atom. The van der Waals surface area contributed by atoms with Crippen molar-refractivity contribution in [2.75, 3.05) is 20.8 Å². The van der Waals surface area contributed by atoms with Crippen LogP contribution >= 0.6 is 11.8 Å². The van der Waals surface area contributed by atoms with E-state index in [9.17, 15) is 0 Å². The monoisotopic (exact) mass is 486 g/mol. The molecule has 5 heteroatoms. The number of thioether (sulfide) groups is 1. The normalized spacial score (nSPS) is 17.8. The quantitative estimate of drug-likeness (QED) is 0.307. The molecule has 0 aliphatic carbocycles. The lowest BCUT2D eigenvalue weighted by atomic mass is 10.1. The molecular weight excluding hydrogens is 452 g/mol. The first-order chi connectivity index (χ1) is 17.2. The first-order valence-corrected chi connectivity index (χ1v) is 13.0. The summed E-state index contributed by atoms with van der Waals surface area (Å²) in [4.78, 5) is 8.97. The molecule has 1 atom stereocenters. The molecule has 4 nitrogen and oxygen atoms in total. The van der Waals surface area contributed by atoms with Crippen LogP contribution < -0.4 is 9.47 Å². The molecule has 3 aromatic carbocycles. The summed E-state index contributed by atoms with van der Waals surface area (Å²) in [6.45, 7) is 3.84. The number of amidine groups is 1. The van der Waals surface area contributed by atoms with E-state index >= 15 is 0 Å². The van der Waals surface area contributed by atoms with Crippen molar-refractivity contribution in [3.63, 3.8) is 0 Å². The summed E-state index contributed by atoms with van der Waals surface area (Å²) in [6, 6.07) is 27.6. The average Bonchev–Trinajstić information content (AvgIpc) is 3.23. The zero-order valence-electron chi connectivity index (χ0n) is 20.8. The molecule has 0 spiro atoms. The van der Waals surface area contributed by atoms with E-state index in [1.165, 1.54) is 21.6 Å². The summed E-state index contributed by atoms with van der Waals surface area (Å²) >= 11 is 1.82. The number of rotatable bonds is 10. The summed E-state index contributed by atoms with van der Waals surface area (Å²) in [5.74, 6) is 1.53. The highest BCUT2D eigenvalue weighted by atomic mass is 32.2. The number of hydrogen-bond donors (Lipinski definition) is 0. The molecule has 182 valence electrons. The summed E-state index contributed by atoms with van der Waals surface area (Å²) in [6.07, 6.45) is 5.46. The van der Waals surface area contributed by atoms with Crippen LogP contribution in [0.5, 0.6) is 11.5 Å². The van der Waals surface area contributed by atoms with Gasteiger partial charge in [0.2, 0.25) is 0 Å². The fraction of sp³-hybridized carbons (Fsp3) is 0.300. The van der Waals surface area contributed by atoms with Gasteiger partial charge in [0.15, 0.2) is 16.7 Å². The molecule has 35 heavy (non-hydrogen) atoms. The largest absolute Gasteiger partial charge is 0.493 e. The molecule has 1 fully saturated rings. The molecule has 1 aliphatic rings. The summed E-state index contributed by atoms with van der Waals surface area (Å²) in [7, 11) is 3.36. The lowest BCUT2D eigenvalue weighted by Crippen LogP contribution is -2.35. The first kappa shape index (κ1) is 24.9. The van der Waals surface area contributed by atoms with Crippen LogP contribution in [0.3, 0.4) is 0 Å². The van der Waals surface area contributed by atoms with Crippen molar-refractivity contribution >= 4 is 23.0 Å². The maximum absolute atomic E-state index is 5.52. The van der Waals surface area contributed by atoms with Gasteiger partial charge in [-0.15, -0.1) is 0 Å². The van der Waals surface area contributed by atoms with Crippen molar-refractivity contribution in [3.8, 4) is 11.5 Å². The smallest absolute Gasteiger partial charge is 0.164 e. The Kier molecular flexibility index (Phi) is 8.90. The third-order valence-corrected chi connectivity index (χ3v) is 7.33. The van der Waals surface area contributed by atoms with Gasteiger partial charge in [-0.1, -0.05) is 91.8 Å². The predicted molar refractivity (Wildman–Crippen MR) is 148 cm³/mol. The maximum Gasteiger partial charge on any atom is 0.164 e. The lowest BCUT2D eigenvalue weighted by molar-refractivity contribution is 0.348. The second-order valence-corrected chi connectivity index (χ2v) is 9.62. The number of benzene rings is 3. The number of nitrogens with zero attached hydrogens (tertiary/aromatic N) is 2. The van der Waals surface area contributed by atoms with Gasteiger partial charge < -0.3 is 14.4 Å². The van der Waals surface area contributed by atoms with E-state index in [4.69, 9.17) is 14.5 Å². The first-order valence-electron chi connectivity index (χ1n) is 12.2. The highest BCUT2D eigenvalue weighted by Gasteiger charge is 2.33. The minimum Gasteiger partial charge on any atom is -0.493 e. The third-order valence-electron chi connectivity index (χ3n) is 6.16. The molecule has 1 unspecified atom stereocenters. The Morgan fingerprint density at radius 3 is 2.29 bits per heavy atom. The van der Waals surface area contributed by atoms with E-state index in [2.05, 4.69) is 84.6 Å². The van der Waals surface area contributed by atoms with Crippen molar-refractivity contribution in [1.29, 1.82) is 0 Å². The topological polar surface area (TPSA) is 34.1 Å². The fourth-order valence-electron chi connectivity index (χ4n) is 4.33. The molecule has 1 aliphatic heterocycles. The van der Waals surface area contributed by atoms with E-state index in [1.54, 1.807) is 14.2 Å². The number of ether oxygens (including phenoxy) is 2. The Labute approximate surface area is 213 Å². The van der Waals surface area contributed by atoms with Crippen molar-refractivity contribution in [3.05, 3.63) is 100 Å². The molecule has 0 radical (unpaired) electrons. The van der Waals surface area contributed by atoms with Crippen molar-refractivity contribution < 1.29 is 9.47 Å². The molecule has 0 saturated carbocycles. The molecule has 4 rings (SSSR count). The summed E-state index contributed by atoms with van der Waals surface area (Å²) in [5.41, 5.74) is 3.69. The summed E-state index contributed by atoms with van der Waals surface area (Å²) in [5, 5.41) is 1.11. The number of aliphatic imine (C=N–C) groups is 1.